The number of nitrogens with one attached hydrogen (secondary N) is 1. The molecule has 3 heterocycles. The lowest BCUT2D eigenvalue weighted by molar-refractivity contribution is 0.237. The van der Waals surface area contributed by atoms with E-state index < -0.39 is 0 Å². The lowest BCUT2D eigenvalue weighted by Crippen LogP contribution is -2.34. The number of likely N-dealkylation sites (tertiary alicyclic amines) is 1. The summed E-state index contributed by atoms with van der Waals surface area (Å²) < 4.78 is 0. The topological polar surface area (TPSA) is 44.3 Å². The molecule has 2 aromatic rings. The van der Waals surface area contributed by atoms with Crippen molar-refractivity contribution in [3.8, 4) is 0 Å². The van der Waals surface area contributed by atoms with E-state index in [4.69, 9.17) is 9.97 Å². The van der Waals surface area contributed by atoms with Gasteiger partial charge >= 0.3 is 0 Å². The molecule has 2 aliphatic heterocycles. The van der Waals surface area contributed by atoms with E-state index in [1.54, 1.807) is 0 Å². The molecule has 1 N–H and O–H groups in total. The average Bonchev–Trinajstić information content (AvgIpc) is 3.16. The van der Waals surface area contributed by atoms with Crippen molar-refractivity contribution in [3.05, 3.63) is 24.3 Å². The summed E-state index contributed by atoms with van der Waals surface area (Å²) >= 11 is 0. The van der Waals surface area contributed by atoms with Crippen molar-refractivity contribution in [1.82, 2.24) is 14.9 Å². The second kappa shape index (κ2) is 7.34. The third-order valence-corrected chi connectivity index (χ3v) is 5.15. The van der Waals surface area contributed by atoms with E-state index in [0.29, 0.717) is 0 Å². The van der Waals surface area contributed by atoms with Crippen LogP contribution in [-0.2, 0) is 0 Å². The van der Waals surface area contributed by atoms with Crippen LogP contribution in [0.15, 0.2) is 24.3 Å². The van der Waals surface area contributed by atoms with Crippen molar-refractivity contribution in [1.29, 1.82) is 0 Å². The second-order valence-corrected chi connectivity index (χ2v) is 6.91. The van der Waals surface area contributed by atoms with E-state index in [1.807, 2.05) is 0 Å². The third-order valence-electron chi connectivity index (χ3n) is 5.15. The van der Waals surface area contributed by atoms with Crippen LogP contribution in [0.2, 0.25) is 0 Å². The van der Waals surface area contributed by atoms with Gasteiger partial charge in [0.1, 0.15) is 5.82 Å². The fraction of sp³-hybridized carbons (Fsp3) is 0.579. The number of benzene rings is 1. The molecule has 0 amide bonds. The molecule has 2 fully saturated rings. The largest absolute Gasteiger partial charge is 0.356 e. The molecule has 0 radical (unpaired) electrons. The first-order valence-corrected chi connectivity index (χ1v) is 9.38. The first kappa shape index (κ1) is 15.6. The summed E-state index contributed by atoms with van der Waals surface area (Å²) in [6.45, 7) is 6.67. The van der Waals surface area contributed by atoms with Crippen LogP contribution in [0.25, 0.3) is 10.9 Å². The highest BCUT2D eigenvalue weighted by Crippen LogP contribution is 2.27. The number of aromatic nitrogens is 2. The van der Waals surface area contributed by atoms with Crippen LogP contribution in [0.3, 0.4) is 0 Å². The first-order valence-electron chi connectivity index (χ1n) is 9.38. The van der Waals surface area contributed by atoms with Gasteiger partial charge in [-0.05, 0) is 50.9 Å². The maximum absolute atomic E-state index is 4.85. The van der Waals surface area contributed by atoms with Crippen LogP contribution < -0.4 is 10.2 Å². The molecule has 4 rings (SSSR count). The summed E-state index contributed by atoms with van der Waals surface area (Å²) in [7, 11) is 0. The van der Waals surface area contributed by atoms with Crippen molar-refractivity contribution in [2.75, 3.05) is 49.5 Å². The van der Waals surface area contributed by atoms with Gasteiger partial charge in [0.25, 0.3) is 0 Å². The number of nitrogens with zero attached hydrogens (tertiary/aromatic N) is 4. The molecule has 0 saturated carbocycles. The standard InChI is InChI=1S/C19H27N5/c1-4-11-23(12-5-1)15-10-20-19-21-17-9-3-2-8-16(17)18(22-19)24-13-6-7-14-24/h2-3,8-9H,1,4-7,10-15H2,(H,20,21,22). The zero-order valence-corrected chi connectivity index (χ0v) is 14.4. The second-order valence-electron chi connectivity index (χ2n) is 6.91. The molecule has 24 heavy (non-hydrogen) atoms. The van der Waals surface area contributed by atoms with Crippen LogP contribution >= 0.6 is 0 Å². The van der Waals surface area contributed by atoms with Crippen molar-refractivity contribution < 1.29 is 0 Å². The van der Waals surface area contributed by atoms with Crippen molar-refractivity contribution in [3.63, 3.8) is 0 Å². The van der Waals surface area contributed by atoms with E-state index in [9.17, 15) is 0 Å². The van der Waals surface area contributed by atoms with Gasteiger partial charge in [0, 0.05) is 31.6 Å². The summed E-state index contributed by atoms with van der Waals surface area (Å²) in [4.78, 5) is 14.5. The number of piperidine rings is 1. The van der Waals surface area contributed by atoms with Gasteiger partial charge < -0.3 is 15.1 Å². The molecule has 1 aromatic heterocycles. The van der Waals surface area contributed by atoms with Crippen LogP contribution in [0.1, 0.15) is 32.1 Å². The average molecular weight is 325 g/mol. The number of rotatable bonds is 5. The lowest BCUT2D eigenvalue weighted by Gasteiger charge is -2.26. The Balaban J connectivity index is 1.50. The number of hydrogen-bond donors (Lipinski definition) is 1. The summed E-state index contributed by atoms with van der Waals surface area (Å²) in [5.74, 6) is 1.87. The van der Waals surface area contributed by atoms with E-state index in [-0.39, 0.29) is 0 Å². The van der Waals surface area contributed by atoms with Gasteiger partial charge in [-0.15, -0.1) is 0 Å². The van der Waals surface area contributed by atoms with E-state index in [1.165, 1.54) is 50.6 Å². The summed E-state index contributed by atoms with van der Waals surface area (Å²) in [5, 5.41) is 4.62. The van der Waals surface area contributed by atoms with Gasteiger partial charge in [0.15, 0.2) is 0 Å². The third kappa shape index (κ3) is 3.46. The highest BCUT2D eigenvalue weighted by atomic mass is 15.2. The highest BCUT2D eigenvalue weighted by Gasteiger charge is 2.18. The molecule has 2 saturated heterocycles. The minimum atomic E-state index is 0.771. The molecule has 0 bridgehead atoms. The number of anilines is 2. The van der Waals surface area contributed by atoms with Crippen LogP contribution in [0.5, 0.6) is 0 Å². The SMILES string of the molecule is c1ccc2c(N3CCCC3)nc(NCCN3CCCCC3)nc2c1. The maximum atomic E-state index is 4.85. The van der Waals surface area contributed by atoms with Gasteiger partial charge in [-0.1, -0.05) is 18.6 Å². The molecule has 5 nitrogen and oxygen atoms in total. The quantitative estimate of drug-likeness (QED) is 0.915. The monoisotopic (exact) mass is 325 g/mol. The molecule has 0 unspecified atom stereocenters. The van der Waals surface area contributed by atoms with Gasteiger partial charge in [-0.2, -0.15) is 4.98 Å². The van der Waals surface area contributed by atoms with Crippen LogP contribution in [-0.4, -0.2) is 54.1 Å². The number of para-hydroxylation sites is 1. The van der Waals surface area contributed by atoms with E-state index in [0.717, 1.165) is 43.5 Å². The Bertz CT molecular complexity index is 675. The first-order chi connectivity index (χ1) is 11.9. The van der Waals surface area contributed by atoms with Crippen LogP contribution in [0.4, 0.5) is 11.8 Å². The Morgan fingerprint density at radius 2 is 1.62 bits per heavy atom. The van der Waals surface area contributed by atoms with Crippen molar-refractivity contribution in [2.45, 2.75) is 32.1 Å². The molecule has 5 heteroatoms. The molecule has 2 aliphatic rings. The zero-order chi connectivity index (χ0) is 16.2. The van der Waals surface area contributed by atoms with Gasteiger partial charge in [0.2, 0.25) is 5.95 Å². The Kier molecular flexibility index (Phi) is 4.78. The number of fused-ring (bicyclic) bond motifs is 1. The Labute approximate surface area is 144 Å². The Morgan fingerprint density at radius 3 is 2.46 bits per heavy atom. The van der Waals surface area contributed by atoms with E-state index in [2.05, 4.69) is 39.4 Å². The molecule has 0 atom stereocenters. The molecular formula is C19H27N5. The van der Waals surface area contributed by atoms with Crippen LogP contribution in [0, 0.1) is 0 Å². The Hall–Kier alpha value is -1.88. The fourth-order valence-electron chi connectivity index (χ4n) is 3.82. The summed E-state index contributed by atoms with van der Waals surface area (Å²) in [6.07, 6.45) is 6.58. The smallest absolute Gasteiger partial charge is 0.225 e. The van der Waals surface area contributed by atoms with Gasteiger partial charge in [0.05, 0.1) is 5.52 Å². The van der Waals surface area contributed by atoms with Crippen molar-refractivity contribution >= 4 is 22.7 Å². The fourth-order valence-corrected chi connectivity index (χ4v) is 3.82. The lowest BCUT2D eigenvalue weighted by atomic mass is 10.1. The summed E-state index contributed by atoms with van der Waals surface area (Å²) in [5.41, 5.74) is 1.04. The zero-order valence-electron chi connectivity index (χ0n) is 14.4. The van der Waals surface area contributed by atoms with Crippen molar-refractivity contribution in [2.24, 2.45) is 0 Å². The van der Waals surface area contributed by atoms with Gasteiger partial charge in [-0.3, -0.25) is 0 Å². The minimum Gasteiger partial charge on any atom is -0.356 e. The Morgan fingerprint density at radius 1 is 0.875 bits per heavy atom. The molecule has 128 valence electrons. The molecular weight excluding hydrogens is 298 g/mol. The summed E-state index contributed by atoms with van der Waals surface area (Å²) in [6, 6.07) is 8.36. The minimum absolute atomic E-state index is 0.771. The number of hydrogen-bond acceptors (Lipinski definition) is 5. The van der Waals surface area contributed by atoms with E-state index >= 15 is 0 Å². The predicted octanol–water partition coefficient (Wildman–Crippen LogP) is 3.13. The highest BCUT2D eigenvalue weighted by molar-refractivity contribution is 5.90. The molecule has 0 spiro atoms. The predicted molar refractivity (Wildman–Crippen MR) is 99.8 cm³/mol. The normalized spacial score (nSPS) is 19.1. The van der Waals surface area contributed by atoms with Gasteiger partial charge in [-0.25, -0.2) is 4.98 Å². The molecule has 0 aliphatic carbocycles. The molecule has 1 aromatic carbocycles. The maximum Gasteiger partial charge on any atom is 0.225 e.